The zero-order valence-corrected chi connectivity index (χ0v) is 20.3. The molecule has 2 aromatic rings. The second-order valence-electron chi connectivity index (χ2n) is 7.40. The second kappa shape index (κ2) is 11.3. The monoisotopic (exact) mass is 506 g/mol. The van der Waals surface area contributed by atoms with Gasteiger partial charge in [-0.1, -0.05) is 23.7 Å². The molecule has 3 rings (SSSR count). The van der Waals surface area contributed by atoms with Gasteiger partial charge in [0.25, 0.3) is 0 Å². The number of esters is 1. The highest BCUT2D eigenvalue weighted by Gasteiger charge is 2.33. The number of amides is 2. The molecule has 180 valence electrons. The molecule has 2 aromatic carbocycles. The first-order valence-electron chi connectivity index (χ1n) is 10.2. The number of urea groups is 1. The van der Waals surface area contributed by atoms with Crippen molar-refractivity contribution in [1.29, 1.82) is 0 Å². The summed E-state index contributed by atoms with van der Waals surface area (Å²) in [6.07, 6.45) is 0. The Morgan fingerprint density at radius 3 is 2.44 bits per heavy atom. The van der Waals surface area contributed by atoms with E-state index >= 15 is 0 Å². The summed E-state index contributed by atoms with van der Waals surface area (Å²) in [6.45, 7) is 2.22. The van der Waals surface area contributed by atoms with E-state index in [1.165, 1.54) is 25.3 Å². The topological polar surface area (TPSA) is 91.9 Å². The van der Waals surface area contributed by atoms with Crippen LogP contribution in [0.15, 0.2) is 53.7 Å². The third kappa shape index (κ3) is 6.02. The second-order valence-corrected chi connectivity index (χ2v) is 8.19. The van der Waals surface area contributed by atoms with E-state index in [0.29, 0.717) is 27.8 Å². The molecule has 3 N–H and O–H groups in total. The fourth-order valence-electron chi connectivity index (χ4n) is 3.27. The summed E-state index contributed by atoms with van der Waals surface area (Å²) < 4.78 is 23.6. The molecule has 0 aliphatic carbocycles. The molecule has 1 unspecified atom stereocenters. The maximum atomic E-state index is 13.3. The van der Waals surface area contributed by atoms with Crippen LogP contribution in [0.2, 0.25) is 5.02 Å². The van der Waals surface area contributed by atoms with Gasteiger partial charge in [0.1, 0.15) is 12.4 Å². The van der Waals surface area contributed by atoms with Gasteiger partial charge in [-0.15, -0.1) is 0 Å². The van der Waals surface area contributed by atoms with Crippen LogP contribution in [0.5, 0.6) is 0 Å². The van der Waals surface area contributed by atoms with Crippen LogP contribution in [0.4, 0.5) is 20.6 Å². The van der Waals surface area contributed by atoms with Crippen LogP contribution in [-0.2, 0) is 14.3 Å². The summed E-state index contributed by atoms with van der Waals surface area (Å²) in [5.41, 5.74) is 2.72. The molecule has 0 fully saturated rings. The number of benzene rings is 2. The van der Waals surface area contributed by atoms with E-state index in [0.717, 1.165) is 5.56 Å². The summed E-state index contributed by atoms with van der Waals surface area (Å²) in [4.78, 5) is 26.8. The molecule has 2 amide bonds. The van der Waals surface area contributed by atoms with Crippen LogP contribution in [0.3, 0.4) is 0 Å². The average molecular weight is 507 g/mol. The third-order valence-corrected chi connectivity index (χ3v) is 5.86. The van der Waals surface area contributed by atoms with Crippen LogP contribution in [0.25, 0.3) is 0 Å². The van der Waals surface area contributed by atoms with Crippen molar-refractivity contribution < 1.29 is 23.5 Å². The van der Waals surface area contributed by atoms with Gasteiger partial charge in [-0.3, -0.25) is 0 Å². The molecule has 34 heavy (non-hydrogen) atoms. The number of halogens is 2. The molecule has 11 heteroatoms. The summed E-state index contributed by atoms with van der Waals surface area (Å²) >= 11 is 11.1. The van der Waals surface area contributed by atoms with E-state index in [1.807, 2.05) is 0 Å². The molecule has 0 spiro atoms. The van der Waals surface area contributed by atoms with Gasteiger partial charge in [0.05, 0.1) is 23.2 Å². The lowest BCUT2D eigenvalue weighted by Gasteiger charge is -2.35. The number of thiocarbonyl (C=S) groups is 1. The lowest BCUT2D eigenvalue weighted by atomic mass is 9.95. The fraction of sp³-hybridized carbons (Fsp3) is 0.261. The van der Waals surface area contributed by atoms with Gasteiger partial charge < -0.3 is 30.3 Å². The Hall–Kier alpha value is -3.21. The highest BCUT2D eigenvalue weighted by atomic mass is 35.5. The lowest BCUT2D eigenvalue weighted by molar-refractivity contribution is -0.140. The maximum Gasteiger partial charge on any atom is 0.338 e. The van der Waals surface area contributed by atoms with Crippen LogP contribution < -0.4 is 16.0 Å². The number of nitrogens with zero attached hydrogens (tertiary/aromatic N) is 1. The number of hydrogen-bond donors (Lipinski definition) is 3. The maximum absolute atomic E-state index is 13.3. The Morgan fingerprint density at radius 2 is 1.79 bits per heavy atom. The predicted molar refractivity (Wildman–Crippen MR) is 132 cm³/mol. The van der Waals surface area contributed by atoms with Gasteiger partial charge >= 0.3 is 12.0 Å². The molecule has 1 aliphatic rings. The Morgan fingerprint density at radius 1 is 1.15 bits per heavy atom. The number of nitrogens with one attached hydrogen (secondary N) is 3. The zero-order chi connectivity index (χ0) is 24.8. The van der Waals surface area contributed by atoms with Crippen molar-refractivity contribution in [1.82, 2.24) is 10.2 Å². The summed E-state index contributed by atoms with van der Waals surface area (Å²) in [5, 5.41) is 8.81. The van der Waals surface area contributed by atoms with Crippen LogP contribution >= 0.6 is 23.8 Å². The average Bonchev–Trinajstić information content (AvgIpc) is 2.80. The minimum absolute atomic E-state index is 0.0920. The minimum Gasteiger partial charge on any atom is -0.460 e. The van der Waals surface area contributed by atoms with Crippen molar-refractivity contribution in [3.8, 4) is 0 Å². The molecule has 1 aliphatic heterocycles. The Kier molecular flexibility index (Phi) is 8.43. The van der Waals surface area contributed by atoms with Gasteiger partial charge in [-0.05, 0) is 55.0 Å². The largest absolute Gasteiger partial charge is 0.460 e. The fourth-order valence-corrected chi connectivity index (χ4v) is 3.71. The van der Waals surface area contributed by atoms with Crippen molar-refractivity contribution >= 4 is 52.3 Å². The van der Waals surface area contributed by atoms with E-state index in [9.17, 15) is 14.0 Å². The summed E-state index contributed by atoms with van der Waals surface area (Å²) in [7, 11) is 3.30. The number of hydrogen-bond acceptors (Lipinski definition) is 5. The molecule has 0 aromatic heterocycles. The number of methoxy groups -OCH3 is 1. The first kappa shape index (κ1) is 25.4. The van der Waals surface area contributed by atoms with E-state index in [1.54, 1.807) is 43.1 Å². The molecule has 0 bridgehead atoms. The standard InChI is InChI=1S/C23H24ClFN4O4S/c1-13-19(21(30)33-11-10-32-3)20(28-23(34)29(13)2)14-4-6-15(7-5-14)26-22(31)27-16-8-9-18(25)17(24)12-16/h4-9,12,20H,10-11H2,1-3H3,(H,28,34)(H2,26,27,31). The quantitative estimate of drug-likeness (QED) is 0.290. The highest BCUT2D eigenvalue weighted by Crippen LogP contribution is 2.31. The van der Waals surface area contributed by atoms with Gasteiger partial charge in [0.15, 0.2) is 5.11 Å². The Labute approximate surface area is 207 Å². The molecule has 0 saturated heterocycles. The summed E-state index contributed by atoms with van der Waals surface area (Å²) in [5.74, 6) is -1.04. The van der Waals surface area contributed by atoms with Crippen molar-refractivity contribution in [2.75, 3.05) is 38.0 Å². The Balaban J connectivity index is 1.74. The third-order valence-electron chi connectivity index (χ3n) is 5.17. The summed E-state index contributed by atoms with van der Waals surface area (Å²) in [6, 6.07) is 9.76. The van der Waals surface area contributed by atoms with Crippen molar-refractivity contribution in [2.45, 2.75) is 13.0 Å². The smallest absolute Gasteiger partial charge is 0.338 e. The molecule has 8 nitrogen and oxygen atoms in total. The SMILES string of the molecule is COCCOC(=O)C1=C(C)N(C)C(=S)NC1c1ccc(NC(=O)Nc2ccc(F)c(Cl)c2)cc1. The lowest BCUT2D eigenvalue weighted by Crippen LogP contribution is -2.46. The predicted octanol–water partition coefficient (Wildman–Crippen LogP) is 4.45. The Bertz CT molecular complexity index is 1130. The number of rotatable bonds is 7. The van der Waals surface area contributed by atoms with E-state index in [-0.39, 0.29) is 18.2 Å². The van der Waals surface area contributed by atoms with E-state index in [4.69, 9.17) is 33.3 Å². The number of allylic oxidation sites excluding steroid dienone is 1. The minimum atomic E-state index is -0.573. The van der Waals surface area contributed by atoms with Gasteiger partial charge in [-0.2, -0.15) is 0 Å². The van der Waals surface area contributed by atoms with Gasteiger partial charge in [0, 0.05) is 31.2 Å². The highest BCUT2D eigenvalue weighted by molar-refractivity contribution is 7.80. The molecule has 1 atom stereocenters. The molecule has 0 saturated carbocycles. The first-order valence-corrected chi connectivity index (χ1v) is 11.0. The number of anilines is 2. The van der Waals surface area contributed by atoms with Crippen molar-refractivity contribution in [3.05, 3.63) is 70.1 Å². The van der Waals surface area contributed by atoms with Gasteiger partial charge in [0.2, 0.25) is 0 Å². The molecular formula is C23H24ClFN4O4S. The number of carbonyl (C=O) groups is 2. The molecule has 0 radical (unpaired) electrons. The first-order chi connectivity index (χ1) is 16.2. The number of ether oxygens (including phenoxy) is 2. The van der Waals surface area contributed by atoms with E-state index < -0.39 is 23.9 Å². The number of carbonyl (C=O) groups excluding carboxylic acids is 2. The zero-order valence-electron chi connectivity index (χ0n) is 18.8. The van der Waals surface area contributed by atoms with E-state index in [2.05, 4.69) is 16.0 Å². The van der Waals surface area contributed by atoms with Crippen LogP contribution in [0.1, 0.15) is 18.5 Å². The molecule has 1 heterocycles. The van der Waals surface area contributed by atoms with Crippen molar-refractivity contribution in [3.63, 3.8) is 0 Å². The van der Waals surface area contributed by atoms with Gasteiger partial charge in [-0.25, -0.2) is 14.0 Å². The molecular weight excluding hydrogens is 483 g/mol. The van der Waals surface area contributed by atoms with Crippen LogP contribution in [0, 0.1) is 5.82 Å². The normalized spacial score (nSPS) is 15.6. The van der Waals surface area contributed by atoms with Crippen molar-refractivity contribution in [2.24, 2.45) is 0 Å². The van der Waals surface area contributed by atoms with Crippen LogP contribution in [-0.4, -0.2) is 49.4 Å².